The number of carbonyl (C=O) groups is 3. The number of esters is 1. The molecular formula is C20H24N4O4S. The number of pyridine rings is 1. The van der Waals surface area contributed by atoms with Gasteiger partial charge in [0.05, 0.1) is 23.6 Å². The molecule has 1 saturated heterocycles. The smallest absolute Gasteiger partial charge is 0.339 e. The summed E-state index contributed by atoms with van der Waals surface area (Å²) in [7, 11) is 0. The van der Waals surface area contributed by atoms with E-state index in [0.717, 1.165) is 10.7 Å². The Labute approximate surface area is 173 Å². The first-order valence-electron chi connectivity index (χ1n) is 9.48. The van der Waals surface area contributed by atoms with Crippen LogP contribution in [0.4, 0.5) is 5.82 Å². The minimum Gasteiger partial charge on any atom is -0.462 e. The van der Waals surface area contributed by atoms with Gasteiger partial charge in [-0.2, -0.15) is 0 Å². The minimum absolute atomic E-state index is 0.00865. The molecule has 154 valence electrons. The monoisotopic (exact) mass is 416 g/mol. The first kappa shape index (κ1) is 20.8. The molecule has 1 aliphatic heterocycles. The zero-order valence-corrected chi connectivity index (χ0v) is 17.3. The number of ether oxygens (including phenoxy) is 1. The van der Waals surface area contributed by atoms with Crippen molar-refractivity contribution in [3.8, 4) is 0 Å². The molecule has 0 saturated carbocycles. The predicted molar refractivity (Wildman–Crippen MR) is 110 cm³/mol. The van der Waals surface area contributed by atoms with Crippen LogP contribution in [0.5, 0.6) is 0 Å². The van der Waals surface area contributed by atoms with Crippen LogP contribution in [0.1, 0.15) is 38.8 Å². The molecule has 0 atom stereocenters. The zero-order valence-electron chi connectivity index (χ0n) is 16.5. The Bertz CT molecular complexity index is 873. The van der Waals surface area contributed by atoms with E-state index in [9.17, 15) is 14.4 Å². The van der Waals surface area contributed by atoms with Crippen LogP contribution in [-0.4, -0.2) is 60.5 Å². The van der Waals surface area contributed by atoms with Crippen LogP contribution in [0, 0.1) is 0 Å². The average molecular weight is 417 g/mol. The van der Waals surface area contributed by atoms with Gasteiger partial charge >= 0.3 is 5.97 Å². The summed E-state index contributed by atoms with van der Waals surface area (Å²) in [5, 5.41) is 2.74. The van der Waals surface area contributed by atoms with Gasteiger partial charge in [0.15, 0.2) is 0 Å². The summed E-state index contributed by atoms with van der Waals surface area (Å²) in [6, 6.07) is 7.20. The number of nitrogens with zero attached hydrogens (tertiary/aromatic N) is 3. The number of hydrogen-bond acceptors (Lipinski definition) is 7. The van der Waals surface area contributed by atoms with Crippen molar-refractivity contribution in [2.24, 2.45) is 0 Å². The highest BCUT2D eigenvalue weighted by molar-refractivity contribution is 7.14. The molecule has 2 amide bonds. The lowest BCUT2D eigenvalue weighted by Crippen LogP contribution is -2.48. The lowest BCUT2D eigenvalue weighted by Gasteiger charge is -2.35. The van der Waals surface area contributed by atoms with Gasteiger partial charge in [-0.25, -0.2) is 9.78 Å². The fourth-order valence-electron chi connectivity index (χ4n) is 3.00. The van der Waals surface area contributed by atoms with Gasteiger partial charge in [0.25, 0.3) is 5.91 Å². The van der Waals surface area contributed by atoms with Gasteiger partial charge < -0.3 is 19.9 Å². The number of nitrogens with one attached hydrogen (secondary N) is 1. The van der Waals surface area contributed by atoms with Crippen LogP contribution in [0.15, 0.2) is 30.5 Å². The number of anilines is 1. The quantitative estimate of drug-likeness (QED) is 0.724. The van der Waals surface area contributed by atoms with E-state index >= 15 is 0 Å². The number of rotatable bonds is 6. The van der Waals surface area contributed by atoms with Crippen molar-refractivity contribution >= 4 is 34.9 Å². The molecule has 9 heteroatoms. The van der Waals surface area contributed by atoms with Gasteiger partial charge in [-0.05, 0) is 31.2 Å². The standard InChI is InChI=1S/C20H24N4O4S/c1-3-28-20(27)15-4-7-18(22-12-15)23-8-10-24(11-9-23)19(26)17-6-5-16(29-17)13-21-14(2)25/h4-7,12H,3,8-11,13H2,1-2H3,(H,21,25). The predicted octanol–water partition coefficient (Wildman–Crippen LogP) is 1.92. The normalized spacial score (nSPS) is 13.9. The SMILES string of the molecule is CCOC(=O)c1ccc(N2CCN(C(=O)c3ccc(CNC(C)=O)s3)CC2)nc1. The molecule has 0 spiro atoms. The van der Waals surface area contributed by atoms with Crippen molar-refractivity contribution in [3.63, 3.8) is 0 Å². The van der Waals surface area contributed by atoms with E-state index in [0.29, 0.717) is 49.8 Å². The third-order valence-corrected chi connectivity index (χ3v) is 5.61. The van der Waals surface area contributed by atoms with Crippen molar-refractivity contribution in [1.82, 2.24) is 15.2 Å². The Kier molecular flexibility index (Phi) is 6.82. The van der Waals surface area contributed by atoms with Crippen molar-refractivity contribution in [3.05, 3.63) is 45.8 Å². The third-order valence-electron chi connectivity index (χ3n) is 4.53. The summed E-state index contributed by atoms with van der Waals surface area (Å²) in [5.41, 5.74) is 0.428. The summed E-state index contributed by atoms with van der Waals surface area (Å²) in [4.78, 5) is 45.4. The summed E-state index contributed by atoms with van der Waals surface area (Å²) in [5.74, 6) is 0.315. The third kappa shape index (κ3) is 5.32. The number of carbonyl (C=O) groups excluding carboxylic acids is 3. The summed E-state index contributed by atoms with van der Waals surface area (Å²) >= 11 is 1.41. The molecule has 2 aromatic rings. The second-order valence-corrected chi connectivity index (χ2v) is 7.75. The lowest BCUT2D eigenvalue weighted by atomic mass is 10.2. The van der Waals surface area contributed by atoms with Crippen molar-refractivity contribution in [2.45, 2.75) is 20.4 Å². The van der Waals surface area contributed by atoms with Crippen LogP contribution in [0.3, 0.4) is 0 Å². The number of piperazine rings is 1. The van der Waals surface area contributed by atoms with E-state index in [4.69, 9.17) is 4.74 Å². The zero-order chi connectivity index (χ0) is 20.8. The molecule has 0 unspecified atom stereocenters. The van der Waals surface area contributed by atoms with Crippen molar-refractivity contribution in [2.75, 3.05) is 37.7 Å². The summed E-state index contributed by atoms with van der Waals surface area (Å²) < 4.78 is 4.97. The first-order chi connectivity index (χ1) is 14.0. The molecule has 3 heterocycles. The fraction of sp³-hybridized carbons (Fsp3) is 0.400. The maximum Gasteiger partial charge on any atom is 0.339 e. The molecule has 8 nitrogen and oxygen atoms in total. The Hall–Kier alpha value is -2.94. The highest BCUT2D eigenvalue weighted by atomic mass is 32.1. The molecule has 0 bridgehead atoms. The highest BCUT2D eigenvalue weighted by Crippen LogP contribution is 2.20. The molecule has 1 N–H and O–H groups in total. The second kappa shape index (κ2) is 9.51. The van der Waals surface area contributed by atoms with E-state index in [1.54, 1.807) is 19.1 Å². The van der Waals surface area contributed by atoms with Crippen LogP contribution in [0.25, 0.3) is 0 Å². The molecule has 1 aliphatic rings. The van der Waals surface area contributed by atoms with Gasteiger partial charge in [0, 0.05) is 44.2 Å². The van der Waals surface area contributed by atoms with Crippen LogP contribution in [-0.2, 0) is 16.1 Å². The maximum absolute atomic E-state index is 12.7. The van der Waals surface area contributed by atoms with E-state index < -0.39 is 0 Å². The van der Waals surface area contributed by atoms with Gasteiger partial charge in [0.2, 0.25) is 5.91 Å². The topological polar surface area (TPSA) is 91.8 Å². The van der Waals surface area contributed by atoms with E-state index in [1.165, 1.54) is 24.5 Å². The van der Waals surface area contributed by atoms with Crippen LogP contribution < -0.4 is 10.2 Å². The molecule has 29 heavy (non-hydrogen) atoms. The lowest BCUT2D eigenvalue weighted by molar-refractivity contribution is -0.119. The van der Waals surface area contributed by atoms with E-state index in [1.807, 2.05) is 17.0 Å². The molecule has 0 aliphatic carbocycles. The molecule has 0 aromatic carbocycles. The maximum atomic E-state index is 12.7. The van der Waals surface area contributed by atoms with Gasteiger partial charge in [-0.1, -0.05) is 0 Å². The number of aromatic nitrogens is 1. The second-order valence-electron chi connectivity index (χ2n) is 6.58. The number of thiophene rings is 1. The van der Waals surface area contributed by atoms with Crippen molar-refractivity contribution < 1.29 is 19.1 Å². The average Bonchev–Trinajstić information content (AvgIpc) is 3.21. The van der Waals surface area contributed by atoms with E-state index in [2.05, 4.69) is 15.2 Å². The molecule has 1 fully saturated rings. The largest absolute Gasteiger partial charge is 0.462 e. The van der Waals surface area contributed by atoms with Gasteiger partial charge in [-0.3, -0.25) is 9.59 Å². The Morgan fingerprint density at radius 3 is 2.52 bits per heavy atom. The first-order valence-corrected chi connectivity index (χ1v) is 10.3. The van der Waals surface area contributed by atoms with Crippen molar-refractivity contribution in [1.29, 1.82) is 0 Å². The van der Waals surface area contributed by atoms with Crippen LogP contribution >= 0.6 is 11.3 Å². The molecular weight excluding hydrogens is 392 g/mol. The Morgan fingerprint density at radius 2 is 1.90 bits per heavy atom. The number of hydrogen-bond donors (Lipinski definition) is 1. The number of amides is 2. The highest BCUT2D eigenvalue weighted by Gasteiger charge is 2.24. The molecule has 3 rings (SSSR count). The Morgan fingerprint density at radius 1 is 1.14 bits per heavy atom. The molecule has 2 aromatic heterocycles. The Balaban J connectivity index is 1.54. The van der Waals surface area contributed by atoms with Gasteiger partial charge in [-0.15, -0.1) is 11.3 Å². The molecule has 0 radical (unpaired) electrons. The van der Waals surface area contributed by atoms with E-state index in [-0.39, 0.29) is 17.8 Å². The van der Waals surface area contributed by atoms with Crippen LogP contribution in [0.2, 0.25) is 0 Å². The summed E-state index contributed by atoms with van der Waals surface area (Å²) in [6.45, 7) is 6.53. The summed E-state index contributed by atoms with van der Waals surface area (Å²) in [6.07, 6.45) is 1.52. The minimum atomic E-state index is -0.379. The fourth-order valence-corrected chi connectivity index (χ4v) is 3.92. The van der Waals surface area contributed by atoms with Gasteiger partial charge in [0.1, 0.15) is 5.82 Å².